The lowest BCUT2D eigenvalue weighted by Gasteiger charge is -2.49. The number of carbonyl (C=O) groups is 1. The Labute approximate surface area is 193 Å². The molecule has 0 aliphatic carbocycles. The Bertz CT molecular complexity index is 891. The standard InChI is InChI=1S/C22H26ClFN4O2.ClH/c1-16-21(29)28(14-18-5-4-17(24)13-26-18)15-22(30-16)7-11-27(12-8-22)10-6-20-19(23)3-2-9-25-20;/h2-5,9,13,16H,6-8,10-12,14-15H2,1H3;1H. The summed E-state index contributed by atoms with van der Waals surface area (Å²) in [6.07, 6.45) is 4.99. The van der Waals surface area contributed by atoms with Gasteiger partial charge in [0.15, 0.2) is 0 Å². The number of carbonyl (C=O) groups excluding carboxylic acids is 1. The highest BCUT2D eigenvalue weighted by atomic mass is 35.5. The third-order valence-corrected chi connectivity index (χ3v) is 6.32. The van der Waals surface area contributed by atoms with Crippen LogP contribution in [0.5, 0.6) is 0 Å². The van der Waals surface area contributed by atoms with E-state index >= 15 is 0 Å². The number of hydrogen-bond donors (Lipinski definition) is 0. The number of amides is 1. The zero-order valence-electron chi connectivity index (χ0n) is 17.5. The number of likely N-dealkylation sites (tertiary alicyclic amines) is 1. The van der Waals surface area contributed by atoms with Gasteiger partial charge in [-0.2, -0.15) is 0 Å². The van der Waals surface area contributed by atoms with Crippen molar-refractivity contribution in [2.45, 2.75) is 44.4 Å². The minimum atomic E-state index is -0.488. The highest BCUT2D eigenvalue weighted by Crippen LogP contribution is 2.33. The van der Waals surface area contributed by atoms with Crippen molar-refractivity contribution in [3.05, 3.63) is 58.9 Å². The number of hydrogen-bond acceptors (Lipinski definition) is 5. The number of aromatic nitrogens is 2. The zero-order valence-corrected chi connectivity index (χ0v) is 19.0. The summed E-state index contributed by atoms with van der Waals surface area (Å²) in [5.74, 6) is -0.421. The molecule has 0 radical (unpaired) electrons. The first kappa shape index (κ1) is 23.9. The van der Waals surface area contributed by atoms with Crippen LogP contribution >= 0.6 is 24.0 Å². The third kappa shape index (κ3) is 5.71. The molecule has 31 heavy (non-hydrogen) atoms. The average Bonchev–Trinajstić information content (AvgIpc) is 2.74. The van der Waals surface area contributed by atoms with Crippen LogP contribution in [0.4, 0.5) is 4.39 Å². The Morgan fingerprint density at radius 2 is 2.03 bits per heavy atom. The molecule has 0 aromatic carbocycles. The molecule has 4 rings (SSSR count). The van der Waals surface area contributed by atoms with Gasteiger partial charge in [-0.25, -0.2) is 4.39 Å². The summed E-state index contributed by atoms with van der Waals surface area (Å²) in [6.45, 7) is 5.40. The topological polar surface area (TPSA) is 58.6 Å². The van der Waals surface area contributed by atoms with Gasteiger partial charge in [-0.3, -0.25) is 14.8 Å². The minimum Gasteiger partial charge on any atom is -0.360 e. The second kappa shape index (κ2) is 10.2. The molecular formula is C22H27Cl2FN4O2. The zero-order chi connectivity index (χ0) is 21.1. The predicted octanol–water partition coefficient (Wildman–Crippen LogP) is 3.52. The minimum absolute atomic E-state index is 0. The largest absolute Gasteiger partial charge is 0.360 e. The van der Waals surface area contributed by atoms with Crippen LogP contribution in [-0.2, 0) is 22.5 Å². The molecule has 2 aromatic heterocycles. The number of nitrogens with zero attached hydrogens (tertiary/aromatic N) is 4. The quantitative estimate of drug-likeness (QED) is 0.671. The van der Waals surface area contributed by atoms with Gasteiger partial charge < -0.3 is 14.5 Å². The summed E-state index contributed by atoms with van der Waals surface area (Å²) in [6, 6.07) is 6.71. The highest BCUT2D eigenvalue weighted by molar-refractivity contribution is 6.31. The van der Waals surface area contributed by atoms with Crippen molar-refractivity contribution < 1.29 is 13.9 Å². The predicted molar refractivity (Wildman–Crippen MR) is 119 cm³/mol. The van der Waals surface area contributed by atoms with E-state index in [0.717, 1.165) is 44.6 Å². The van der Waals surface area contributed by atoms with E-state index in [1.54, 1.807) is 17.2 Å². The van der Waals surface area contributed by atoms with Crippen molar-refractivity contribution in [1.29, 1.82) is 0 Å². The molecule has 6 nitrogen and oxygen atoms in total. The summed E-state index contributed by atoms with van der Waals surface area (Å²) in [4.78, 5) is 25.3. The van der Waals surface area contributed by atoms with Crippen LogP contribution in [0.3, 0.4) is 0 Å². The Morgan fingerprint density at radius 3 is 2.71 bits per heavy atom. The summed E-state index contributed by atoms with van der Waals surface area (Å²) in [5.41, 5.74) is 1.26. The van der Waals surface area contributed by atoms with Crippen LogP contribution in [0.2, 0.25) is 5.02 Å². The third-order valence-electron chi connectivity index (χ3n) is 5.97. The van der Waals surface area contributed by atoms with E-state index < -0.39 is 6.10 Å². The maximum absolute atomic E-state index is 13.1. The number of morpholine rings is 1. The molecule has 2 aliphatic rings. The highest BCUT2D eigenvalue weighted by Gasteiger charge is 2.45. The van der Waals surface area contributed by atoms with Gasteiger partial charge in [0.25, 0.3) is 5.91 Å². The Hall–Kier alpha value is -1.80. The van der Waals surface area contributed by atoms with Crippen LogP contribution in [0, 0.1) is 5.82 Å². The fraction of sp³-hybridized carbons (Fsp3) is 0.500. The van der Waals surface area contributed by atoms with Crippen LogP contribution in [-0.4, -0.2) is 63.6 Å². The maximum Gasteiger partial charge on any atom is 0.251 e. The molecule has 1 atom stereocenters. The van der Waals surface area contributed by atoms with Crippen molar-refractivity contribution >= 4 is 29.9 Å². The van der Waals surface area contributed by atoms with Crippen molar-refractivity contribution in [2.24, 2.45) is 0 Å². The van der Waals surface area contributed by atoms with Gasteiger partial charge in [0.05, 0.1) is 41.3 Å². The average molecular weight is 469 g/mol. The van der Waals surface area contributed by atoms with Crippen LogP contribution in [0.1, 0.15) is 31.2 Å². The van der Waals surface area contributed by atoms with E-state index in [0.29, 0.717) is 23.8 Å². The monoisotopic (exact) mass is 468 g/mol. The molecule has 4 heterocycles. The fourth-order valence-corrected chi connectivity index (χ4v) is 4.52. The van der Waals surface area contributed by atoms with Crippen molar-refractivity contribution in [3.8, 4) is 0 Å². The van der Waals surface area contributed by atoms with Crippen molar-refractivity contribution in [3.63, 3.8) is 0 Å². The van der Waals surface area contributed by atoms with Crippen LogP contribution < -0.4 is 0 Å². The molecule has 0 bridgehead atoms. The van der Waals surface area contributed by atoms with Crippen molar-refractivity contribution in [2.75, 3.05) is 26.2 Å². The Morgan fingerprint density at radius 1 is 1.26 bits per heavy atom. The smallest absolute Gasteiger partial charge is 0.251 e. The van der Waals surface area contributed by atoms with E-state index in [9.17, 15) is 9.18 Å². The van der Waals surface area contributed by atoms with E-state index in [1.807, 2.05) is 19.1 Å². The maximum atomic E-state index is 13.1. The lowest BCUT2D eigenvalue weighted by atomic mass is 9.88. The molecule has 2 fully saturated rings. The van der Waals surface area contributed by atoms with E-state index in [2.05, 4.69) is 14.9 Å². The second-order valence-electron chi connectivity index (χ2n) is 8.13. The van der Waals surface area contributed by atoms with E-state index in [4.69, 9.17) is 16.3 Å². The lowest BCUT2D eigenvalue weighted by Crippen LogP contribution is -2.61. The summed E-state index contributed by atoms with van der Waals surface area (Å²) in [5, 5.41) is 0.707. The van der Waals surface area contributed by atoms with Gasteiger partial charge in [-0.1, -0.05) is 11.6 Å². The van der Waals surface area contributed by atoms with Gasteiger partial charge >= 0.3 is 0 Å². The van der Waals surface area contributed by atoms with E-state index in [1.165, 1.54) is 12.3 Å². The number of halogens is 3. The molecule has 9 heteroatoms. The number of rotatable bonds is 5. The summed E-state index contributed by atoms with van der Waals surface area (Å²) >= 11 is 6.22. The molecule has 0 saturated carbocycles. The summed E-state index contributed by atoms with van der Waals surface area (Å²) in [7, 11) is 0. The van der Waals surface area contributed by atoms with Gasteiger partial charge in [0, 0.05) is 32.3 Å². The summed E-state index contributed by atoms with van der Waals surface area (Å²) < 4.78 is 19.4. The number of ether oxygens (including phenoxy) is 1. The Balaban J connectivity index is 0.00000272. The molecule has 1 spiro atoms. The lowest BCUT2D eigenvalue weighted by molar-refractivity contribution is -0.190. The molecule has 1 amide bonds. The number of piperidine rings is 1. The van der Waals surface area contributed by atoms with Gasteiger partial charge in [-0.15, -0.1) is 12.4 Å². The molecule has 2 aliphatic heterocycles. The molecule has 2 saturated heterocycles. The van der Waals surface area contributed by atoms with Gasteiger partial charge in [-0.05, 0) is 44.0 Å². The van der Waals surface area contributed by atoms with E-state index in [-0.39, 0.29) is 29.7 Å². The SMILES string of the molecule is CC1OC2(CCN(CCc3ncccc3Cl)CC2)CN(Cc2ccc(F)cn2)C1=O.Cl. The first-order chi connectivity index (χ1) is 14.4. The molecular weight excluding hydrogens is 442 g/mol. The fourth-order valence-electron chi connectivity index (χ4n) is 4.30. The molecule has 0 N–H and O–H groups in total. The molecule has 168 valence electrons. The normalized spacial score (nSPS) is 21.2. The second-order valence-corrected chi connectivity index (χ2v) is 8.54. The Kier molecular flexibility index (Phi) is 7.86. The number of pyridine rings is 2. The van der Waals surface area contributed by atoms with Crippen LogP contribution in [0.25, 0.3) is 0 Å². The molecule has 1 unspecified atom stereocenters. The molecule has 2 aromatic rings. The van der Waals surface area contributed by atoms with Crippen molar-refractivity contribution in [1.82, 2.24) is 19.8 Å². The first-order valence-corrected chi connectivity index (χ1v) is 10.7. The van der Waals surface area contributed by atoms with Gasteiger partial charge in [0.1, 0.15) is 11.9 Å². The van der Waals surface area contributed by atoms with Gasteiger partial charge in [0.2, 0.25) is 0 Å². The first-order valence-electron chi connectivity index (χ1n) is 10.3. The van der Waals surface area contributed by atoms with Crippen LogP contribution in [0.15, 0.2) is 36.7 Å².